The third-order valence-electron chi connectivity index (χ3n) is 3.79. The van der Waals surface area contributed by atoms with Gasteiger partial charge in [-0.2, -0.15) is 16.3 Å². The van der Waals surface area contributed by atoms with Gasteiger partial charge < -0.3 is 13.7 Å². The molecule has 4 aromatic rings. The van der Waals surface area contributed by atoms with Crippen molar-refractivity contribution in [3.8, 4) is 17.1 Å². The SMILES string of the molecule is CCc1cc(=O)oc2cc(OCc3nc(-c4ccsc4)no3)ccc12. The van der Waals surface area contributed by atoms with Crippen LogP contribution < -0.4 is 10.4 Å². The molecule has 0 saturated carbocycles. The maximum atomic E-state index is 11.6. The minimum atomic E-state index is -0.362. The lowest BCUT2D eigenvalue weighted by atomic mass is 10.1. The summed E-state index contributed by atoms with van der Waals surface area (Å²) in [7, 11) is 0. The van der Waals surface area contributed by atoms with Gasteiger partial charge in [0, 0.05) is 28.5 Å². The van der Waals surface area contributed by atoms with Crippen molar-refractivity contribution < 1.29 is 13.7 Å². The van der Waals surface area contributed by atoms with Crippen LogP contribution in [0.25, 0.3) is 22.4 Å². The van der Waals surface area contributed by atoms with Crippen molar-refractivity contribution >= 4 is 22.3 Å². The van der Waals surface area contributed by atoms with Crippen molar-refractivity contribution in [2.75, 3.05) is 0 Å². The van der Waals surface area contributed by atoms with E-state index in [-0.39, 0.29) is 12.2 Å². The molecular formula is C18H14N2O4S. The van der Waals surface area contributed by atoms with Gasteiger partial charge in [0.2, 0.25) is 5.82 Å². The van der Waals surface area contributed by atoms with E-state index < -0.39 is 0 Å². The Kier molecular flexibility index (Phi) is 4.07. The Morgan fingerprint density at radius 3 is 2.96 bits per heavy atom. The van der Waals surface area contributed by atoms with Crippen molar-refractivity contribution in [3.63, 3.8) is 0 Å². The summed E-state index contributed by atoms with van der Waals surface area (Å²) in [5, 5.41) is 8.75. The van der Waals surface area contributed by atoms with E-state index in [1.54, 1.807) is 17.4 Å². The first-order valence-electron chi connectivity index (χ1n) is 7.77. The molecule has 0 amide bonds. The molecule has 0 aliphatic heterocycles. The molecule has 1 aromatic carbocycles. The number of hydrogen-bond acceptors (Lipinski definition) is 7. The standard InChI is InChI=1S/C18H14N2O4S/c1-2-11-7-17(21)23-15-8-13(3-4-14(11)15)22-9-16-19-18(20-24-16)12-5-6-25-10-12/h3-8,10H,2,9H2,1H3. The molecular weight excluding hydrogens is 340 g/mol. The molecule has 0 unspecified atom stereocenters. The van der Waals surface area contributed by atoms with Crippen molar-refractivity contribution in [3.05, 3.63) is 63.0 Å². The number of aryl methyl sites for hydroxylation is 1. The monoisotopic (exact) mass is 354 g/mol. The summed E-state index contributed by atoms with van der Waals surface area (Å²) in [4.78, 5) is 15.9. The van der Waals surface area contributed by atoms with Gasteiger partial charge in [0.05, 0.1) is 0 Å². The quantitative estimate of drug-likeness (QED) is 0.503. The number of benzene rings is 1. The molecule has 126 valence electrons. The molecule has 0 saturated heterocycles. The Morgan fingerprint density at radius 2 is 2.16 bits per heavy atom. The van der Waals surface area contributed by atoms with E-state index in [2.05, 4.69) is 10.1 Å². The largest absolute Gasteiger partial charge is 0.484 e. The highest BCUT2D eigenvalue weighted by atomic mass is 32.1. The number of nitrogens with zero attached hydrogens (tertiary/aromatic N) is 2. The molecule has 0 aliphatic rings. The van der Waals surface area contributed by atoms with Crippen molar-refractivity contribution in [1.29, 1.82) is 0 Å². The van der Waals surface area contributed by atoms with Gasteiger partial charge >= 0.3 is 5.63 Å². The molecule has 0 spiro atoms. The fourth-order valence-electron chi connectivity index (χ4n) is 2.56. The lowest BCUT2D eigenvalue weighted by Gasteiger charge is -2.06. The summed E-state index contributed by atoms with van der Waals surface area (Å²) in [5.41, 5.74) is 2.01. The molecule has 3 aromatic heterocycles. The van der Waals surface area contributed by atoms with Gasteiger partial charge in [0.1, 0.15) is 11.3 Å². The highest BCUT2D eigenvalue weighted by molar-refractivity contribution is 7.08. The van der Waals surface area contributed by atoms with E-state index in [0.717, 1.165) is 22.9 Å². The third kappa shape index (κ3) is 3.18. The molecule has 0 bridgehead atoms. The van der Waals surface area contributed by atoms with Gasteiger partial charge in [-0.25, -0.2) is 4.79 Å². The number of aromatic nitrogens is 2. The molecule has 4 rings (SSSR count). The van der Waals surface area contributed by atoms with Crippen molar-refractivity contribution in [2.45, 2.75) is 20.0 Å². The van der Waals surface area contributed by atoms with Crippen LogP contribution in [-0.2, 0) is 13.0 Å². The van der Waals surface area contributed by atoms with Crippen LogP contribution in [0.2, 0.25) is 0 Å². The Balaban J connectivity index is 1.54. The fourth-order valence-corrected chi connectivity index (χ4v) is 3.19. The second-order valence-corrected chi connectivity index (χ2v) is 6.19. The van der Waals surface area contributed by atoms with Crippen LogP contribution in [0.15, 0.2) is 54.8 Å². The van der Waals surface area contributed by atoms with E-state index in [1.165, 1.54) is 6.07 Å². The summed E-state index contributed by atoms with van der Waals surface area (Å²) in [5.74, 6) is 1.49. The first-order valence-corrected chi connectivity index (χ1v) is 8.72. The number of ether oxygens (including phenoxy) is 1. The Morgan fingerprint density at radius 1 is 1.24 bits per heavy atom. The van der Waals surface area contributed by atoms with E-state index in [1.807, 2.05) is 35.9 Å². The predicted octanol–water partition coefficient (Wildman–Crippen LogP) is 4.05. The average molecular weight is 354 g/mol. The highest BCUT2D eigenvalue weighted by Crippen LogP contribution is 2.24. The van der Waals surface area contributed by atoms with Crippen LogP contribution in [0.4, 0.5) is 0 Å². The van der Waals surface area contributed by atoms with Gasteiger partial charge in [-0.3, -0.25) is 0 Å². The van der Waals surface area contributed by atoms with Crippen molar-refractivity contribution in [2.24, 2.45) is 0 Å². The van der Waals surface area contributed by atoms with E-state index in [4.69, 9.17) is 13.7 Å². The summed E-state index contributed by atoms with van der Waals surface area (Å²) < 4.78 is 16.2. The fraction of sp³-hybridized carbons (Fsp3) is 0.167. The van der Waals surface area contributed by atoms with Gasteiger partial charge in [-0.05, 0) is 35.6 Å². The smallest absolute Gasteiger partial charge is 0.336 e. The summed E-state index contributed by atoms with van der Waals surface area (Å²) in [6, 6.07) is 8.87. The predicted molar refractivity (Wildman–Crippen MR) is 93.8 cm³/mol. The maximum absolute atomic E-state index is 11.6. The van der Waals surface area contributed by atoms with Gasteiger partial charge in [-0.15, -0.1) is 0 Å². The first kappa shape index (κ1) is 15.6. The topological polar surface area (TPSA) is 78.4 Å². The summed E-state index contributed by atoms with van der Waals surface area (Å²) in [6.45, 7) is 2.14. The Labute approximate surface area is 146 Å². The molecule has 7 heteroatoms. The zero-order valence-corrected chi connectivity index (χ0v) is 14.2. The number of rotatable bonds is 5. The van der Waals surface area contributed by atoms with E-state index in [9.17, 15) is 4.79 Å². The second-order valence-electron chi connectivity index (χ2n) is 5.41. The number of thiophene rings is 1. The van der Waals surface area contributed by atoms with Gasteiger partial charge in [0.15, 0.2) is 6.61 Å². The molecule has 6 nitrogen and oxygen atoms in total. The minimum absolute atomic E-state index is 0.139. The summed E-state index contributed by atoms with van der Waals surface area (Å²) >= 11 is 1.57. The highest BCUT2D eigenvalue weighted by Gasteiger charge is 2.10. The number of fused-ring (bicyclic) bond motifs is 1. The van der Waals surface area contributed by atoms with Crippen molar-refractivity contribution in [1.82, 2.24) is 10.1 Å². The molecule has 25 heavy (non-hydrogen) atoms. The zero-order chi connectivity index (χ0) is 17.2. The third-order valence-corrected chi connectivity index (χ3v) is 4.48. The molecule has 0 aliphatic carbocycles. The normalized spacial score (nSPS) is 11.1. The Bertz CT molecular complexity index is 1070. The van der Waals surface area contributed by atoms with Crippen LogP contribution >= 0.6 is 11.3 Å². The average Bonchev–Trinajstić information content (AvgIpc) is 3.30. The van der Waals surface area contributed by atoms with Crippen LogP contribution in [0.3, 0.4) is 0 Å². The molecule has 3 heterocycles. The number of hydrogen-bond donors (Lipinski definition) is 0. The summed E-state index contributed by atoms with van der Waals surface area (Å²) in [6.07, 6.45) is 0.760. The Hall–Kier alpha value is -2.93. The second kappa shape index (κ2) is 6.52. The van der Waals surface area contributed by atoms with E-state index >= 15 is 0 Å². The lowest BCUT2D eigenvalue weighted by molar-refractivity contribution is 0.243. The molecule has 0 atom stereocenters. The maximum Gasteiger partial charge on any atom is 0.336 e. The zero-order valence-electron chi connectivity index (χ0n) is 13.4. The first-order chi connectivity index (χ1) is 12.2. The van der Waals surface area contributed by atoms with E-state index in [0.29, 0.717) is 23.0 Å². The molecule has 0 fully saturated rings. The van der Waals surface area contributed by atoms with Gasteiger partial charge in [0.25, 0.3) is 5.89 Å². The van der Waals surface area contributed by atoms with Crippen LogP contribution in [0.1, 0.15) is 18.4 Å². The molecule has 0 radical (unpaired) electrons. The lowest BCUT2D eigenvalue weighted by Crippen LogP contribution is -2.00. The van der Waals surface area contributed by atoms with Crippen LogP contribution in [0, 0.1) is 0 Å². The van der Waals surface area contributed by atoms with Crippen LogP contribution in [-0.4, -0.2) is 10.1 Å². The van der Waals surface area contributed by atoms with Crippen LogP contribution in [0.5, 0.6) is 5.75 Å². The molecule has 0 N–H and O–H groups in total. The van der Waals surface area contributed by atoms with Gasteiger partial charge in [-0.1, -0.05) is 12.1 Å². The minimum Gasteiger partial charge on any atom is -0.484 e.